The van der Waals surface area contributed by atoms with Crippen molar-refractivity contribution >= 4 is 17.2 Å². The van der Waals surface area contributed by atoms with E-state index in [4.69, 9.17) is 14.2 Å². The van der Waals surface area contributed by atoms with E-state index >= 15 is 0 Å². The largest absolute Gasteiger partial charge is 0.493 e. The second-order valence-corrected chi connectivity index (χ2v) is 7.15. The molecule has 1 amide bonds. The van der Waals surface area contributed by atoms with Gasteiger partial charge in [0.2, 0.25) is 5.75 Å². The van der Waals surface area contributed by atoms with E-state index in [9.17, 15) is 4.79 Å². The van der Waals surface area contributed by atoms with Crippen molar-refractivity contribution in [1.82, 2.24) is 5.32 Å². The van der Waals surface area contributed by atoms with Crippen LogP contribution in [0.4, 0.5) is 0 Å². The fraction of sp³-hybridized carbons (Fsp3) is 0.227. The first-order valence-electron chi connectivity index (χ1n) is 8.88. The summed E-state index contributed by atoms with van der Waals surface area (Å²) in [5.74, 6) is 1.70. The molecule has 3 aromatic rings. The van der Waals surface area contributed by atoms with Crippen molar-refractivity contribution in [3.63, 3.8) is 0 Å². The van der Waals surface area contributed by atoms with Crippen molar-refractivity contribution in [1.29, 1.82) is 0 Å². The first-order valence-corrected chi connectivity index (χ1v) is 9.70. The topological polar surface area (TPSA) is 56.8 Å². The highest BCUT2D eigenvalue weighted by Gasteiger charge is 2.14. The molecule has 1 N–H and O–H groups in total. The number of rotatable bonds is 8. The summed E-state index contributed by atoms with van der Waals surface area (Å²) < 4.78 is 16.1. The minimum atomic E-state index is -0.0698. The highest BCUT2D eigenvalue weighted by molar-refractivity contribution is 7.17. The summed E-state index contributed by atoms with van der Waals surface area (Å²) in [7, 11) is 4.75. The lowest BCUT2D eigenvalue weighted by Gasteiger charge is -2.14. The lowest BCUT2D eigenvalue weighted by atomic mass is 10.1. The van der Waals surface area contributed by atoms with Crippen LogP contribution in [0.3, 0.4) is 0 Å². The summed E-state index contributed by atoms with van der Waals surface area (Å²) in [6.45, 7) is 0.510. The van der Waals surface area contributed by atoms with E-state index < -0.39 is 0 Å². The number of amides is 1. The Morgan fingerprint density at radius 2 is 1.61 bits per heavy atom. The maximum absolute atomic E-state index is 12.5. The van der Waals surface area contributed by atoms with Gasteiger partial charge in [0.15, 0.2) is 11.5 Å². The van der Waals surface area contributed by atoms with Crippen LogP contribution in [0.5, 0.6) is 17.2 Å². The molecular formula is C22H23NO4S. The van der Waals surface area contributed by atoms with Crippen molar-refractivity contribution in [2.75, 3.05) is 27.9 Å². The van der Waals surface area contributed by atoms with E-state index in [1.54, 1.807) is 21.3 Å². The Labute approximate surface area is 168 Å². The van der Waals surface area contributed by atoms with Gasteiger partial charge in [-0.2, -0.15) is 0 Å². The van der Waals surface area contributed by atoms with Gasteiger partial charge in [0.1, 0.15) is 0 Å². The van der Waals surface area contributed by atoms with Gasteiger partial charge in [0.05, 0.1) is 26.2 Å². The molecule has 0 atom stereocenters. The molecule has 0 aliphatic carbocycles. The van der Waals surface area contributed by atoms with Gasteiger partial charge in [-0.3, -0.25) is 4.79 Å². The first-order chi connectivity index (χ1) is 13.7. The summed E-state index contributed by atoms with van der Waals surface area (Å²) in [5, 5.41) is 2.97. The molecule has 0 aliphatic heterocycles. The Bertz CT molecular complexity index is 912. The van der Waals surface area contributed by atoms with Gasteiger partial charge in [-0.15, -0.1) is 11.3 Å². The molecule has 28 heavy (non-hydrogen) atoms. The second kappa shape index (κ2) is 9.28. The minimum absolute atomic E-state index is 0.0698. The molecule has 0 bridgehead atoms. The number of carbonyl (C=O) groups excluding carboxylic acids is 1. The monoisotopic (exact) mass is 397 g/mol. The zero-order valence-corrected chi connectivity index (χ0v) is 17.0. The fourth-order valence-electron chi connectivity index (χ4n) is 2.90. The fourth-order valence-corrected chi connectivity index (χ4v) is 3.83. The van der Waals surface area contributed by atoms with Crippen molar-refractivity contribution in [2.45, 2.75) is 6.42 Å². The van der Waals surface area contributed by atoms with E-state index in [2.05, 4.69) is 5.32 Å². The Kier molecular flexibility index (Phi) is 6.55. The second-order valence-electron chi connectivity index (χ2n) is 6.07. The van der Waals surface area contributed by atoms with Crippen molar-refractivity contribution in [2.24, 2.45) is 0 Å². The molecule has 1 aromatic heterocycles. The molecule has 0 unspecified atom stereocenters. The highest BCUT2D eigenvalue weighted by atomic mass is 32.1. The van der Waals surface area contributed by atoms with Crippen molar-refractivity contribution in [3.05, 3.63) is 65.0 Å². The van der Waals surface area contributed by atoms with Crippen LogP contribution in [0.15, 0.2) is 54.6 Å². The number of carbonyl (C=O) groups is 1. The summed E-state index contributed by atoms with van der Waals surface area (Å²) in [6, 6.07) is 17.7. The number of benzene rings is 2. The number of nitrogens with one attached hydrogen (secondary N) is 1. The molecule has 0 spiro atoms. The van der Waals surface area contributed by atoms with Crippen LogP contribution in [0.2, 0.25) is 0 Å². The van der Waals surface area contributed by atoms with Gasteiger partial charge in [0.25, 0.3) is 5.91 Å². The first kappa shape index (κ1) is 19.8. The third kappa shape index (κ3) is 4.46. The van der Waals surface area contributed by atoms with E-state index in [0.29, 0.717) is 35.1 Å². The van der Waals surface area contributed by atoms with E-state index in [-0.39, 0.29) is 5.91 Å². The number of hydrogen-bond acceptors (Lipinski definition) is 5. The molecular weight excluding hydrogens is 374 g/mol. The van der Waals surface area contributed by atoms with Gasteiger partial charge in [-0.25, -0.2) is 0 Å². The highest BCUT2D eigenvalue weighted by Crippen LogP contribution is 2.38. The van der Waals surface area contributed by atoms with Crippen LogP contribution in [0.1, 0.15) is 15.2 Å². The van der Waals surface area contributed by atoms with Crippen LogP contribution in [0, 0.1) is 0 Å². The van der Waals surface area contributed by atoms with Crippen LogP contribution in [-0.2, 0) is 6.42 Å². The Hall–Kier alpha value is -2.99. The molecule has 3 rings (SSSR count). The van der Waals surface area contributed by atoms with Crippen molar-refractivity contribution < 1.29 is 19.0 Å². The van der Waals surface area contributed by atoms with Gasteiger partial charge < -0.3 is 19.5 Å². The molecule has 0 radical (unpaired) electrons. The third-order valence-electron chi connectivity index (χ3n) is 4.31. The number of methoxy groups -OCH3 is 3. The maximum Gasteiger partial charge on any atom is 0.261 e. The smallest absolute Gasteiger partial charge is 0.261 e. The standard InChI is InChI=1S/C22H23NO4S/c1-25-17-13-15(14-18(26-2)21(17)27-3)11-12-23-22(24)20-10-9-19(28-20)16-7-5-4-6-8-16/h4-10,13-14H,11-12H2,1-3H3,(H,23,24). The van der Waals surface area contributed by atoms with Gasteiger partial charge in [-0.05, 0) is 41.8 Å². The zero-order valence-electron chi connectivity index (χ0n) is 16.2. The van der Waals surface area contributed by atoms with Crippen LogP contribution in [0.25, 0.3) is 10.4 Å². The zero-order chi connectivity index (χ0) is 19.9. The normalized spacial score (nSPS) is 10.4. The molecule has 0 saturated heterocycles. The molecule has 0 saturated carbocycles. The van der Waals surface area contributed by atoms with Gasteiger partial charge in [0, 0.05) is 11.4 Å². The summed E-state index contributed by atoms with van der Waals surface area (Å²) >= 11 is 1.49. The van der Waals surface area contributed by atoms with E-state index in [1.807, 2.05) is 54.6 Å². The molecule has 5 nitrogen and oxygen atoms in total. The Morgan fingerprint density at radius 3 is 2.21 bits per heavy atom. The molecule has 6 heteroatoms. The minimum Gasteiger partial charge on any atom is -0.493 e. The summed E-state index contributed by atoms with van der Waals surface area (Å²) in [4.78, 5) is 14.2. The average Bonchev–Trinajstić information content (AvgIpc) is 3.24. The van der Waals surface area contributed by atoms with E-state index in [0.717, 1.165) is 16.0 Å². The number of thiophene rings is 1. The number of hydrogen-bond donors (Lipinski definition) is 1. The summed E-state index contributed by atoms with van der Waals surface area (Å²) in [6.07, 6.45) is 0.652. The Morgan fingerprint density at radius 1 is 0.929 bits per heavy atom. The van der Waals surface area contributed by atoms with Crippen LogP contribution in [-0.4, -0.2) is 33.8 Å². The van der Waals surface area contributed by atoms with Crippen LogP contribution < -0.4 is 19.5 Å². The SMILES string of the molecule is COc1cc(CCNC(=O)c2ccc(-c3ccccc3)s2)cc(OC)c1OC. The third-order valence-corrected chi connectivity index (χ3v) is 5.44. The Balaban J connectivity index is 1.62. The molecule has 1 heterocycles. The predicted octanol–water partition coefficient (Wildman–Crippen LogP) is 4.41. The van der Waals surface area contributed by atoms with Gasteiger partial charge in [-0.1, -0.05) is 30.3 Å². The van der Waals surface area contributed by atoms with Gasteiger partial charge >= 0.3 is 0 Å². The maximum atomic E-state index is 12.5. The molecule has 146 valence electrons. The molecule has 0 fully saturated rings. The summed E-state index contributed by atoms with van der Waals surface area (Å²) in [5.41, 5.74) is 2.11. The quantitative estimate of drug-likeness (QED) is 0.612. The average molecular weight is 397 g/mol. The van der Waals surface area contributed by atoms with E-state index in [1.165, 1.54) is 11.3 Å². The molecule has 0 aliphatic rings. The number of ether oxygens (including phenoxy) is 3. The van der Waals surface area contributed by atoms with Crippen molar-refractivity contribution in [3.8, 4) is 27.7 Å². The van der Waals surface area contributed by atoms with Crippen LogP contribution >= 0.6 is 11.3 Å². The lowest BCUT2D eigenvalue weighted by Crippen LogP contribution is -2.24. The predicted molar refractivity (Wildman–Crippen MR) is 112 cm³/mol. The lowest BCUT2D eigenvalue weighted by molar-refractivity contribution is 0.0958. The molecule has 2 aromatic carbocycles.